The number of hydrogen-bond donors (Lipinski definition) is 2. The highest BCUT2D eigenvalue weighted by atomic mass is 35.5. The lowest BCUT2D eigenvalue weighted by Crippen LogP contribution is -2.31. The van der Waals surface area contributed by atoms with Crippen molar-refractivity contribution >= 4 is 11.6 Å². The highest BCUT2D eigenvalue weighted by Gasteiger charge is 2.24. The number of aryl methyl sites for hydroxylation is 2. The van der Waals surface area contributed by atoms with E-state index in [-0.39, 0.29) is 12.0 Å². The van der Waals surface area contributed by atoms with Gasteiger partial charge in [0.25, 0.3) is 0 Å². The van der Waals surface area contributed by atoms with Gasteiger partial charge in [-0.15, -0.1) is 0 Å². The Morgan fingerprint density at radius 3 is 2.33 bits per heavy atom. The molecule has 0 fully saturated rings. The second-order valence-corrected chi connectivity index (χ2v) is 5.04. The standard InChI is InChI=1S/C13H14ClF3N4/c1-6-8(13(14)21(2)20-6)5-11(19-18)12-9(16)3-7(15)4-10(12)17/h3-4,11,19H,5,18H2,1-2H3. The van der Waals surface area contributed by atoms with Gasteiger partial charge >= 0.3 is 0 Å². The summed E-state index contributed by atoms with van der Waals surface area (Å²) in [5, 5.41) is 4.48. The third kappa shape index (κ3) is 3.04. The lowest BCUT2D eigenvalue weighted by Gasteiger charge is -2.18. The average Bonchev–Trinajstić information content (AvgIpc) is 2.62. The Morgan fingerprint density at radius 1 is 1.33 bits per heavy atom. The molecule has 21 heavy (non-hydrogen) atoms. The molecule has 2 aromatic rings. The summed E-state index contributed by atoms with van der Waals surface area (Å²) >= 11 is 6.09. The number of rotatable bonds is 4. The van der Waals surface area contributed by atoms with Crippen LogP contribution < -0.4 is 11.3 Å². The van der Waals surface area contributed by atoms with E-state index in [0.717, 1.165) is 0 Å². The summed E-state index contributed by atoms with van der Waals surface area (Å²) in [6, 6.07) is 0.326. The molecule has 1 atom stereocenters. The summed E-state index contributed by atoms with van der Waals surface area (Å²) in [6.45, 7) is 1.73. The molecule has 0 saturated carbocycles. The van der Waals surface area contributed by atoms with Crippen LogP contribution in [-0.4, -0.2) is 9.78 Å². The number of nitrogens with two attached hydrogens (primary N) is 1. The molecule has 0 saturated heterocycles. The summed E-state index contributed by atoms with van der Waals surface area (Å²) in [5.41, 5.74) is 3.24. The molecule has 3 N–H and O–H groups in total. The topological polar surface area (TPSA) is 55.9 Å². The van der Waals surface area contributed by atoms with E-state index >= 15 is 0 Å². The Bertz CT molecular complexity index is 649. The third-order valence-corrected chi connectivity index (χ3v) is 3.74. The molecule has 0 radical (unpaired) electrons. The minimum absolute atomic E-state index is 0.120. The monoisotopic (exact) mass is 318 g/mol. The van der Waals surface area contributed by atoms with Gasteiger partial charge in [0, 0.05) is 30.3 Å². The van der Waals surface area contributed by atoms with E-state index in [1.54, 1.807) is 14.0 Å². The molecule has 8 heteroatoms. The Balaban J connectivity index is 2.41. The number of aromatic nitrogens is 2. The quantitative estimate of drug-likeness (QED) is 0.673. The molecule has 1 heterocycles. The zero-order valence-electron chi connectivity index (χ0n) is 11.4. The number of nitrogens with zero attached hydrogens (tertiary/aromatic N) is 2. The van der Waals surface area contributed by atoms with Crippen LogP contribution in [0.25, 0.3) is 0 Å². The van der Waals surface area contributed by atoms with Crippen LogP contribution in [-0.2, 0) is 13.5 Å². The van der Waals surface area contributed by atoms with E-state index in [1.807, 2.05) is 0 Å². The molecule has 0 amide bonds. The maximum absolute atomic E-state index is 13.8. The predicted molar refractivity (Wildman–Crippen MR) is 73.0 cm³/mol. The first kappa shape index (κ1) is 15.8. The van der Waals surface area contributed by atoms with Crippen LogP contribution >= 0.6 is 11.6 Å². The van der Waals surface area contributed by atoms with Gasteiger partial charge in [0.2, 0.25) is 0 Å². The lowest BCUT2D eigenvalue weighted by atomic mass is 9.98. The Morgan fingerprint density at radius 2 is 1.90 bits per heavy atom. The van der Waals surface area contributed by atoms with Gasteiger partial charge in [0.05, 0.1) is 11.7 Å². The molecule has 1 aromatic carbocycles. The van der Waals surface area contributed by atoms with Crippen molar-refractivity contribution in [3.05, 3.63) is 51.6 Å². The number of halogens is 4. The van der Waals surface area contributed by atoms with Crippen molar-refractivity contribution in [2.24, 2.45) is 12.9 Å². The first-order valence-electron chi connectivity index (χ1n) is 6.13. The van der Waals surface area contributed by atoms with Gasteiger partial charge in [-0.3, -0.25) is 16.0 Å². The number of benzene rings is 1. The molecule has 114 valence electrons. The molecule has 1 aromatic heterocycles. The lowest BCUT2D eigenvalue weighted by molar-refractivity contribution is 0.461. The van der Waals surface area contributed by atoms with Gasteiger partial charge in [0.1, 0.15) is 22.6 Å². The largest absolute Gasteiger partial charge is 0.271 e. The summed E-state index contributed by atoms with van der Waals surface area (Å²) in [6.07, 6.45) is 0.120. The van der Waals surface area contributed by atoms with E-state index in [4.69, 9.17) is 17.4 Å². The third-order valence-electron chi connectivity index (χ3n) is 3.27. The second kappa shape index (κ2) is 6.05. The van der Waals surface area contributed by atoms with Gasteiger partial charge in [-0.25, -0.2) is 13.2 Å². The van der Waals surface area contributed by atoms with Crippen molar-refractivity contribution in [2.45, 2.75) is 19.4 Å². The maximum Gasteiger partial charge on any atom is 0.133 e. The van der Waals surface area contributed by atoms with E-state index < -0.39 is 23.5 Å². The van der Waals surface area contributed by atoms with Crippen LogP contribution in [0.1, 0.15) is 22.9 Å². The Hall–Kier alpha value is -1.57. The van der Waals surface area contributed by atoms with Gasteiger partial charge in [-0.2, -0.15) is 5.10 Å². The fourth-order valence-corrected chi connectivity index (χ4v) is 2.49. The first-order valence-corrected chi connectivity index (χ1v) is 6.51. The summed E-state index contributed by atoms with van der Waals surface area (Å²) in [7, 11) is 1.66. The van der Waals surface area contributed by atoms with Gasteiger partial charge in [0.15, 0.2) is 0 Å². The van der Waals surface area contributed by atoms with E-state index in [1.165, 1.54) is 4.68 Å². The van der Waals surface area contributed by atoms with Crippen molar-refractivity contribution in [1.29, 1.82) is 0 Å². The molecule has 0 aliphatic carbocycles. The minimum atomic E-state index is -1.01. The highest BCUT2D eigenvalue weighted by Crippen LogP contribution is 2.28. The number of hydrogen-bond acceptors (Lipinski definition) is 3. The van der Waals surface area contributed by atoms with Crippen LogP contribution in [0.5, 0.6) is 0 Å². The van der Waals surface area contributed by atoms with Gasteiger partial charge < -0.3 is 0 Å². The zero-order valence-corrected chi connectivity index (χ0v) is 12.2. The molecule has 0 bridgehead atoms. The second-order valence-electron chi connectivity index (χ2n) is 4.68. The minimum Gasteiger partial charge on any atom is -0.271 e. The zero-order chi connectivity index (χ0) is 15.7. The first-order chi connectivity index (χ1) is 9.85. The van der Waals surface area contributed by atoms with E-state index in [0.29, 0.717) is 28.5 Å². The molecular formula is C13H14ClF3N4. The van der Waals surface area contributed by atoms with E-state index in [2.05, 4.69) is 10.5 Å². The molecule has 0 aliphatic rings. The van der Waals surface area contributed by atoms with Crippen LogP contribution in [0.3, 0.4) is 0 Å². The Kier molecular flexibility index (Phi) is 4.55. The van der Waals surface area contributed by atoms with Crippen LogP contribution in [0.2, 0.25) is 5.15 Å². The maximum atomic E-state index is 13.8. The Labute approximate surface area is 124 Å². The molecule has 1 unspecified atom stereocenters. The average molecular weight is 319 g/mol. The number of nitrogens with one attached hydrogen (secondary N) is 1. The SMILES string of the molecule is Cc1nn(C)c(Cl)c1CC(NN)c1c(F)cc(F)cc1F. The predicted octanol–water partition coefficient (Wildman–Crippen LogP) is 2.55. The van der Waals surface area contributed by atoms with E-state index in [9.17, 15) is 13.2 Å². The highest BCUT2D eigenvalue weighted by molar-refractivity contribution is 6.30. The molecule has 2 rings (SSSR count). The van der Waals surface area contributed by atoms with Gasteiger partial charge in [-0.1, -0.05) is 11.6 Å². The fourth-order valence-electron chi connectivity index (χ4n) is 2.24. The molecule has 0 aliphatic heterocycles. The summed E-state index contributed by atoms with van der Waals surface area (Å²) < 4.78 is 42.1. The molecule has 0 spiro atoms. The summed E-state index contributed by atoms with van der Waals surface area (Å²) in [5.74, 6) is 2.39. The van der Waals surface area contributed by atoms with Crippen molar-refractivity contribution in [1.82, 2.24) is 15.2 Å². The van der Waals surface area contributed by atoms with Crippen molar-refractivity contribution in [3.63, 3.8) is 0 Å². The normalized spacial score (nSPS) is 12.7. The van der Waals surface area contributed by atoms with Crippen LogP contribution in [0, 0.1) is 24.4 Å². The van der Waals surface area contributed by atoms with Crippen molar-refractivity contribution in [2.75, 3.05) is 0 Å². The molecular weight excluding hydrogens is 305 g/mol. The fraction of sp³-hybridized carbons (Fsp3) is 0.308. The van der Waals surface area contributed by atoms with Crippen LogP contribution in [0.4, 0.5) is 13.2 Å². The smallest absolute Gasteiger partial charge is 0.133 e. The number of hydrazine groups is 1. The van der Waals surface area contributed by atoms with Crippen molar-refractivity contribution in [3.8, 4) is 0 Å². The molecule has 4 nitrogen and oxygen atoms in total. The van der Waals surface area contributed by atoms with Gasteiger partial charge in [-0.05, 0) is 13.3 Å². The van der Waals surface area contributed by atoms with Crippen LogP contribution in [0.15, 0.2) is 12.1 Å². The summed E-state index contributed by atoms with van der Waals surface area (Å²) in [4.78, 5) is 0. The van der Waals surface area contributed by atoms with Crippen molar-refractivity contribution < 1.29 is 13.2 Å².